The Morgan fingerprint density at radius 3 is 0.762 bits per heavy atom. The SMILES string of the molecule is C1=C[NH2+]OC=C1.C1=C[NH2+]OC=C1.C1=C[NH2+]OC=C1.[I-].[I-].[I-]. The van der Waals surface area contributed by atoms with Gasteiger partial charge in [0.05, 0.1) is 0 Å². The van der Waals surface area contributed by atoms with Crippen LogP contribution < -0.4 is 88.4 Å². The van der Waals surface area contributed by atoms with Crippen LogP contribution in [0.2, 0.25) is 0 Å². The first-order valence-corrected chi connectivity index (χ1v) is 5.41. The van der Waals surface area contributed by atoms with E-state index < -0.39 is 0 Å². The number of rotatable bonds is 0. The van der Waals surface area contributed by atoms with Gasteiger partial charge in [-0.05, 0) is 36.5 Å². The van der Waals surface area contributed by atoms with Crippen molar-refractivity contribution in [3.05, 3.63) is 73.8 Å². The molecule has 0 atom stereocenters. The highest BCUT2D eigenvalue weighted by molar-refractivity contribution is 4.96. The number of hydrogen-bond donors (Lipinski definition) is 3. The van der Waals surface area contributed by atoms with Gasteiger partial charge in [0.1, 0.15) is 18.6 Å². The van der Waals surface area contributed by atoms with Crippen molar-refractivity contribution in [2.24, 2.45) is 0 Å². The molecule has 0 aromatic rings. The van der Waals surface area contributed by atoms with E-state index in [0.717, 1.165) is 0 Å². The molecule has 3 rings (SSSR count). The molecule has 0 bridgehead atoms. The second-order valence-electron chi connectivity index (χ2n) is 2.96. The third-order valence-electron chi connectivity index (χ3n) is 1.61. The third-order valence-corrected chi connectivity index (χ3v) is 1.61. The number of nitrogens with two attached hydrogens (primary N) is 3. The first kappa shape index (κ1) is 25.8. The smallest absolute Gasteiger partial charge is 0.155 e. The predicted molar refractivity (Wildman–Crippen MR) is 63.9 cm³/mol. The lowest BCUT2D eigenvalue weighted by Crippen LogP contribution is -3.00. The minimum Gasteiger partial charge on any atom is -1.00 e. The molecule has 21 heavy (non-hydrogen) atoms. The maximum Gasteiger partial charge on any atom is 0.155 e. The lowest BCUT2D eigenvalue weighted by molar-refractivity contribution is -0.833. The van der Waals surface area contributed by atoms with Crippen LogP contribution in [-0.2, 0) is 14.5 Å². The molecule has 3 aliphatic rings. The molecule has 120 valence electrons. The van der Waals surface area contributed by atoms with Gasteiger partial charge >= 0.3 is 0 Å². The fraction of sp³-hybridized carbons (Fsp3) is 0. The molecule has 3 heterocycles. The second kappa shape index (κ2) is 22.2. The maximum atomic E-state index is 4.68. The van der Waals surface area contributed by atoms with Gasteiger partial charge in [0.15, 0.2) is 18.8 Å². The summed E-state index contributed by atoms with van der Waals surface area (Å²) in [6.45, 7) is 0. The minimum absolute atomic E-state index is 0. The molecule has 6 nitrogen and oxygen atoms in total. The number of hydrogen-bond acceptors (Lipinski definition) is 3. The summed E-state index contributed by atoms with van der Waals surface area (Å²) in [7, 11) is 0. The number of allylic oxidation sites excluding steroid dienone is 6. The highest BCUT2D eigenvalue weighted by Crippen LogP contribution is 1.74. The van der Waals surface area contributed by atoms with Gasteiger partial charge in [0, 0.05) is 0 Å². The average molecular weight is 633 g/mol. The zero-order chi connectivity index (χ0) is 12.7. The van der Waals surface area contributed by atoms with Crippen molar-refractivity contribution >= 4 is 0 Å². The van der Waals surface area contributed by atoms with Crippen LogP contribution >= 0.6 is 0 Å². The molecular formula is C12H18I3N3O3. The summed E-state index contributed by atoms with van der Waals surface area (Å²) >= 11 is 0. The van der Waals surface area contributed by atoms with Gasteiger partial charge in [-0.15, -0.1) is 16.4 Å². The largest absolute Gasteiger partial charge is 1.00 e. The average Bonchev–Trinajstić information content (AvgIpc) is 2.54. The highest BCUT2D eigenvalue weighted by Gasteiger charge is 1.79. The van der Waals surface area contributed by atoms with Gasteiger partial charge < -0.3 is 86.4 Å². The van der Waals surface area contributed by atoms with E-state index in [1.54, 1.807) is 35.2 Å². The van der Waals surface area contributed by atoms with Crippen LogP contribution in [-0.4, -0.2) is 0 Å². The summed E-state index contributed by atoms with van der Waals surface area (Å²) in [6.07, 6.45) is 21.6. The van der Waals surface area contributed by atoms with Crippen molar-refractivity contribution < 1.29 is 103 Å². The first-order valence-electron chi connectivity index (χ1n) is 5.41. The number of halogens is 3. The second-order valence-corrected chi connectivity index (χ2v) is 2.96. The minimum atomic E-state index is 0. The van der Waals surface area contributed by atoms with E-state index in [1.807, 2.05) is 55.1 Å². The van der Waals surface area contributed by atoms with Gasteiger partial charge in [-0.25, -0.2) is 0 Å². The number of hydroxylamine groups is 3. The summed E-state index contributed by atoms with van der Waals surface area (Å²) in [5.74, 6) is 0. The lowest BCUT2D eigenvalue weighted by Gasteiger charge is -1.90. The van der Waals surface area contributed by atoms with Crippen LogP contribution in [0.3, 0.4) is 0 Å². The highest BCUT2D eigenvalue weighted by atomic mass is 127. The topological polar surface area (TPSA) is 77.5 Å². The summed E-state index contributed by atoms with van der Waals surface area (Å²) in [5, 5.41) is 0. The van der Waals surface area contributed by atoms with Crippen molar-refractivity contribution in [2.75, 3.05) is 0 Å². The molecule has 0 fully saturated rings. The van der Waals surface area contributed by atoms with Crippen molar-refractivity contribution in [2.45, 2.75) is 0 Å². The van der Waals surface area contributed by atoms with Gasteiger partial charge in [-0.2, -0.15) is 0 Å². The normalized spacial score (nSPS) is 14.9. The molecule has 9 heteroatoms. The third kappa shape index (κ3) is 19.9. The summed E-state index contributed by atoms with van der Waals surface area (Å²) in [4.78, 5) is 14.0. The van der Waals surface area contributed by atoms with E-state index >= 15 is 0 Å². The Hall–Kier alpha value is -0.0900. The van der Waals surface area contributed by atoms with E-state index in [9.17, 15) is 0 Å². The van der Waals surface area contributed by atoms with Crippen LogP contribution in [0.15, 0.2) is 73.8 Å². The molecule has 0 saturated heterocycles. The molecule has 0 aromatic carbocycles. The molecular weight excluding hydrogens is 615 g/mol. The van der Waals surface area contributed by atoms with Gasteiger partial charge in [-0.1, -0.05) is 0 Å². The Bertz CT molecular complexity index is 290. The standard InChI is InChI=1S/3C4H5NO.3HI/c3*1-2-4-6-5-3-1;;;/h3*1-5H;3*1H. The molecule has 0 unspecified atom stereocenters. The fourth-order valence-corrected chi connectivity index (χ4v) is 0.873. The van der Waals surface area contributed by atoms with Crippen LogP contribution in [0.4, 0.5) is 0 Å². The van der Waals surface area contributed by atoms with Gasteiger partial charge in [-0.3, -0.25) is 0 Å². The van der Waals surface area contributed by atoms with Crippen LogP contribution in [0, 0.1) is 0 Å². The molecule has 0 aromatic heterocycles. The van der Waals surface area contributed by atoms with Crippen LogP contribution in [0.5, 0.6) is 0 Å². The summed E-state index contributed by atoms with van der Waals surface area (Å²) < 4.78 is 0. The Kier molecular flexibility index (Phi) is 27.3. The quantitative estimate of drug-likeness (QED) is 0.233. The first-order chi connectivity index (χ1) is 9.00. The maximum absolute atomic E-state index is 4.68. The zero-order valence-corrected chi connectivity index (χ0v) is 17.5. The zero-order valence-electron chi connectivity index (χ0n) is 11.0. The Morgan fingerprint density at radius 2 is 0.714 bits per heavy atom. The molecule has 0 amide bonds. The molecule has 0 aliphatic carbocycles. The van der Waals surface area contributed by atoms with Crippen molar-refractivity contribution in [1.29, 1.82) is 0 Å². The van der Waals surface area contributed by atoms with Crippen LogP contribution in [0.25, 0.3) is 0 Å². The predicted octanol–water partition coefficient (Wildman–Crippen LogP) is -10.4. The van der Waals surface area contributed by atoms with Crippen molar-refractivity contribution in [3.63, 3.8) is 0 Å². The van der Waals surface area contributed by atoms with E-state index in [1.165, 1.54) is 0 Å². The van der Waals surface area contributed by atoms with Crippen molar-refractivity contribution in [1.82, 2.24) is 0 Å². The summed E-state index contributed by atoms with van der Waals surface area (Å²) in [5.41, 5.74) is 4.88. The Balaban J connectivity index is -0.000000216. The molecule has 6 N–H and O–H groups in total. The number of quaternary nitrogens is 3. The van der Waals surface area contributed by atoms with Gasteiger partial charge in [0.2, 0.25) is 0 Å². The monoisotopic (exact) mass is 633 g/mol. The Morgan fingerprint density at radius 1 is 0.429 bits per heavy atom. The van der Waals surface area contributed by atoms with E-state index in [2.05, 4.69) is 14.5 Å². The summed E-state index contributed by atoms with van der Waals surface area (Å²) in [6, 6.07) is 0. The lowest BCUT2D eigenvalue weighted by atomic mass is 10.6. The fourth-order valence-electron chi connectivity index (χ4n) is 0.873. The van der Waals surface area contributed by atoms with Crippen LogP contribution in [0.1, 0.15) is 0 Å². The molecule has 0 radical (unpaired) electrons. The van der Waals surface area contributed by atoms with Crippen molar-refractivity contribution in [3.8, 4) is 0 Å². The van der Waals surface area contributed by atoms with E-state index in [4.69, 9.17) is 0 Å². The molecule has 0 saturated carbocycles. The molecule has 0 spiro atoms. The Labute approximate surface area is 175 Å². The molecule has 3 aliphatic heterocycles. The van der Waals surface area contributed by atoms with E-state index in [0.29, 0.717) is 0 Å². The van der Waals surface area contributed by atoms with Gasteiger partial charge in [0.25, 0.3) is 0 Å². The van der Waals surface area contributed by atoms with E-state index in [-0.39, 0.29) is 71.9 Å².